The lowest BCUT2D eigenvalue weighted by Crippen LogP contribution is -1.92. The minimum absolute atomic E-state index is 0.157. The normalized spacial score (nSPS) is 9.95. The van der Waals surface area contributed by atoms with Crippen LogP contribution in [0, 0.1) is 11.8 Å². The highest BCUT2D eigenvalue weighted by Crippen LogP contribution is 2.24. The second-order valence-corrected chi connectivity index (χ2v) is 5.05. The van der Waals surface area contributed by atoms with Gasteiger partial charge < -0.3 is 14.4 Å². The number of aliphatic hydroxyl groups is 1. The Morgan fingerprint density at radius 1 is 1.45 bits per heavy atom. The smallest absolute Gasteiger partial charge is 0.167 e. The second kappa shape index (κ2) is 7.04. The summed E-state index contributed by atoms with van der Waals surface area (Å²) in [6, 6.07) is 5.89. The monoisotopic (exact) mass is 288 g/mol. The molecule has 4 nitrogen and oxygen atoms in total. The topological polar surface area (TPSA) is 47.3 Å². The molecule has 0 aliphatic carbocycles. The summed E-state index contributed by atoms with van der Waals surface area (Å²) >= 11 is 1.67. The average molecular weight is 288 g/mol. The summed E-state index contributed by atoms with van der Waals surface area (Å²) in [5.41, 5.74) is 1.93. The van der Waals surface area contributed by atoms with E-state index < -0.39 is 0 Å². The highest BCUT2D eigenvalue weighted by molar-refractivity contribution is 7.98. The number of imidazole rings is 1. The fourth-order valence-electron chi connectivity index (χ4n) is 1.72. The fourth-order valence-corrected chi connectivity index (χ4v) is 2.59. The number of ether oxygens (including phenoxy) is 1. The number of nitrogens with zero attached hydrogens (tertiary/aromatic N) is 2. The molecule has 0 aliphatic rings. The molecule has 0 spiro atoms. The first kappa shape index (κ1) is 14.5. The maximum absolute atomic E-state index is 8.79. The van der Waals surface area contributed by atoms with Gasteiger partial charge in [-0.1, -0.05) is 29.7 Å². The Morgan fingerprint density at radius 2 is 2.30 bits per heavy atom. The van der Waals surface area contributed by atoms with Crippen LogP contribution < -0.4 is 4.74 Å². The van der Waals surface area contributed by atoms with Crippen molar-refractivity contribution in [2.24, 2.45) is 7.05 Å². The largest absolute Gasteiger partial charge is 0.495 e. The molecular formula is C15H16N2O2S. The molecular weight excluding hydrogens is 272 g/mol. The van der Waals surface area contributed by atoms with E-state index in [9.17, 15) is 0 Å². The predicted octanol–water partition coefficient (Wildman–Crippen LogP) is 2.06. The third-order valence-corrected chi connectivity index (χ3v) is 3.84. The Labute approximate surface area is 122 Å². The summed E-state index contributed by atoms with van der Waals surface area (Å²) in [6.45, 7) is -0.157. The van der Waals surface area contributed by atoms with Crippen molar-refractivity contribution >= 4 is 11.8 Å². The maximum Gasteiger partial charge on any atom is 0.167 e. The summed E-state index contributed by atoms with van der Waals surface area (Å²) in [7, 11) is 3.59. The lowest BCUT2D eigenvalue weighted by molar-refractivity contribution is 0.350. The van der Waals surface area contributed by atoms with Gasteiger partial charge in [0.1, 0.15) is 12.4 Å². The van der Waals surface area contributed by atoms with E-state index in [2.05, 4.69) is 16.8 Å². The first-order valence-corrected chi connectivity index (χ1v) is 7.10. The van der Waals surface area contributed by atoms with Gasteiger partial charge in [0, 0.05) is 25.2 Å². The highest BCUT2D eigenvalue weighted by atomic mass is 32.2. The molecule has 2 rings (SSSR count). The summed E-state index contributed by atoms with van der Waals surface area (Å²) in [5.74, 6) is 7.08. The van der Waals surface area contributed by atoms with Crippen molar-refractivity contribution < 1.29 is 9.84 Å². The van der Waals surface area contributed by atoms with E-state index in [1.807, 2.05) is 36.0 Å². The van der Waals surface area contributed by atoms with Gasteiger partial charge in [0.15, 0.2) is 5.16 Å². The number of aliphatic hydroxyl groups excluding tert-OH is 1. The number of aryl methyl sites for hydroxylation is 1. The summed E-state index contributed by atoms with van der Waals surface area (Å²) < 4.78 is 7.25. The van der Waals surface area contributed by atoms with Gasteiger partial charge in [-0.2, -0.15) is 0 Å². The summed E-state index contributed by atoms with van der Waals surface area (Å²) in [6.07, 6.45) is 3.71. The number of hydrogen-bond donors (Lipinski definition) is 1. The van der Waals surface area contributed by atoms with Crippen LogP contribution in [-0.2, 0) is 12.8 Å². The van der Waals surface area contributed by atoms with E-state index in [-0.39, 0.29) is 6.61 Å². The number of benzene rings is 1. The molecule has 0 unspecified atom stereocenters. The zero-order valence-electron chi connectivity index (χ0n) is 11.5. The summed E-state index contributed by atoms with van der Waals surface area (Å²) in [4.78, 5) is 4.28. The van der Waals surface area contributed by atoms with Gasteiger partial charge in [0.25, 0.3) is 0 Å². The zero-order valence-corrected chi connectivity index (χ0v) is 12.3. The Hall–Kier alpha value is -1.90. The van der Waals surface area contributed by atoms with Gasteiger partial charge in [-0.25, -0.2) is 4.98 Å². The van der Waals surface area contributed by atoms with Crippen LogP contribution in [0.1, 0.15) is 11.1 Å². The fraction of sp³-hybridized carbons (Fsp3) is 0.267. The van der Waals surface area contributed by atoms with Crippen LogP contribution in [0.15, 0.2) is 35.7 Å². The molecule has 0 saturated heterocycles. The Bertz CT molecular complexity index is 641. The molecule has 1 aromatic carbocycles. The van der Waals surface area contributed by atoms with E-state index in [4.69, 9.17) is 9.84 Å². The van der Waals surface area contributed by atoms with Gasteiger partial charge in [-0.3, -0.25) is 0 Å². The first-order valence-electron chi connectivity index (χ1n) is 6.11. The molecule has 0 aliphatic heterocycles. The lowest BCUT2D eigenvalue weighted by Gasteiger charge is -2.06. The minimum Gasteiger partial charge on any atom is -0.495 e. The van der Waals surface area contributed by atoms with Crippen molar-refractivity contribution in [1.29, 1.82) is 0 Å². The molecule has 0 atom stereocenters. The maximum atomic E-state index is 8.79. The van der Waals surface area contributed by atoms with Crippen molar-refractivity contribution in [3.8, 4) is 17.6 Å². The average Bonchev–Trinajstić information content (AvgIpc) is 2.88. The molecule has 2 aromatic rings. The van der Waals surface area contributed by atoms with Crippen molar-refractivity contribution in [1.82, 2.24) is 9.55 Å². The number of aromatic nitrogens is 2. The van der Waals surface area contributed by atoms with E-state index in [0.29, 0.717) is 0 Å². The van der Waals surface area contributed by atoms with Crippen LogP contribution in [0.4, 0.5) is 0 Å². The molecule has 0 radical (unpaired) electrons. The Kier molecular flexibility index (Phi) is 5.10. The third-order valence-electron chi connectivity index (χ3n) is 2.71. The number of rotatable bonds is 4. The van der Waals surface area contributed by atoms with E-state index >= 15 is 0 Å². The molecule has 0 bridgehead atoms. The number of thioether (sulfide) groups is 1. The van der Waals surface area contributed by atoms with Gasteiger partial charge in [-0.05, 0) is 17.7 Å². The molecule has 1 heterocycles. The van der Waals surface area contributed by atoms with Crippen LogP contribution in [0.2, 0.25) is 0 Å². The Balaban J connectivity index is 2.14. The van der Waals surface area contributed by atoms with E-state index in [1.165, 1.54) is 0 Å². The lowest BCUT2D eigenvalue weighted by atomic mass is 10.1. The molecule has 104 valence electrons. The Morgan fingerprint density at radius 3 is 2.95 bits per heavy atom. The van der Waals surface area contributed by atoms with Crippen LogP contribution in [0.25, 0.3) is 0 Å². The third kappa shape index (κ3) is 3.56. The van der Waals surface area contributed by atoms with E-state index in [1.54, 1.807) is 25.1 Å². The van der Waals surface area contributed by atoms with Crippen molar-refractivity contribution in [3.63, 3.8) is 0 Å². The molecule has 0 fully saturated rings. The quantitative estimate of drug-likeness (QED) is 0.691. The van der Waals surface area contributed by atoms with Crippen molar-refractivity contribution in [2.45, 2.75) is 10.9 Å². The molecule has 5 heteroatoms. The molecule has 0 amide bonds. The molecule has 1 aromatic heterocycles. The van der Waals surface area contributed by atoms with Gasteiger partial charge in [-0.15, -0.1) is 0 Å². The van der Waals surface area contributed by atoms with Crippen molar-refractivity contribution in [3.05, 3.63) is 41.7 Å². The van der Waals surface area contributed by atoms with Gasteiger partial charge in [0.2, 0.25) is 0 Å². The SMILES string of the molecule is COc1ccc(CSc2nccn2C)cc1C#CCO. The molecule has 20 heavy (non-hydrogen) atoms. The van der Waals surface area contributed by atoms with Crippen LogP contribution in [0.3, 0.4) is 0 Å². The van der Waals surface area contributed by atoms with Crippen molar-refractivity contribution in [2.75, 3.05) is 13.7 Å². The first-order chi connectivity index (χ1) is 9.74. The number of methoxy groups -OCH3 is 1. The predicted molar refractivity (Wildman–Crippen MR) is 79.7 cm³/mol. The standard InChI is InChI=1S/C15H16N2O2S/c1-17-8-7-16-15(17)20-11-12-5-6-14(19-2)13(10-12)4-3-9-18/h5-8,10,18H,9,11H2,1-2H3. The molecule has 0 saturated carbocycles. The number of hydrogen-bond acceptors (Lipinski definition) is 4. The summed E-state index contributed by atoms with van der Waals surface area (Å²) in [5, 5.41) is 9.77. The van der Waals surface area contributed by atoms with Crippen LogP contribution >= 0.6 is 11.8 Å². The van der Waals surface area contributed by atoms with Gasteiger partial charge >= 0.3 is 0 Å². The van der Waals surface area contributed by atoms with E-state index in [0.717, 1.165) is 27.8 Å². The van der Waals surface area contributed by atoms with Crippen LogP contribution in [-0.4, -0.2) is 28.4 Å². The zero-order chi connectivity index (χ0) is 14.4. The minimum atomic E-state index is -0.157. The van der Waals surface area contributed by atoms with Crippen LogP contribution in [0.5, 0.6) is 5.75 Å². The molecule has 1 N–H and O–H groups in total. The van der Waals surface area contributed by atoms with Gasteiger partial charge in [0.05, 0.1) is 12.7 Å². The highest BCUT2D eigenvalue weighted by Gasteiger charge is 2.05. The second-order valence-electron chi connectivity index (χ2n) is 4.10.